The minimum absolute atomic E-state index is 0.108. The predicted molar refractivity (Wildman–Crippen MR) is 76.4 cm³/mol. The van der Waals surface area contributed by atoms with Crippen molar-refractivity contribution in [3.8, 4) is 0 Å². The van der Waals surface area contributed by atoms with Crippen molar-refractivity contribution < 1.29 is 19.4 Å². The van der Waals surface area contributed by atoms with Crippen molar-refractivity contribution in [2.24, 2.45) is 0 Å². The Labute approximate surface area is 119 Å². The minimum atomic E-state index is -0.787. The number of hydrogen-bond acceptors (Lipinski definition) is 4. The van der Waals surface area contributed by atoms with Crippen LogP contribution in [0.3, 0.4) is 0 Å². The number of carboxylic acids is 1. The molecule has 110 valence electrons. The summed E-state index contributed by atoms with van der Waals surface area (Å²) in [4.78, 5) is 22.0. The zero-order valence-electron chi connectivity index (χ0n) is 11.4. The van der Waals surface area contributed by atoms with Crippen molar-refractivity contribution in [1.82, 2.24) is 0 Å². The van der Waals surface area contributed by atoms with E-state index in [4.69, 9.17) is 9.84 Å². The molecule has 1 saturated carbocycles. The van der Waals surface area contributed by atoms with Crippen molar-refractivity contribution >= 4 is 23.7 Å². The van der Waals surface area contributed by atoms with E-state index in [1.165, 1.54) is 31.0 Å². The molecule has 19 heavy (non-hydrogen) atoms. The first kappa shape index (κ1) is 16.3. The van der Waals surface area contributed by atoms with Gasteiger partial charge >= 0.3 is 11.9 Å². The lowest BCUT2D eigenvalue weighted by Gasteiger charge is -2.20. The molecule has 0 aromatic carbocycles. The maximum atomic E-state index is 11.7. The molecule has 0 aromatic rings. The average molecular weight is 288 g/mol. The quantitative estimate of drug-likeness (QED) is 0.575. The summed E-state index contributed by atoms with van der Waals surface area (Å²) in [6.07, 6.45) is 8.77. The van der Waals surface area contributed by atoms with E-state index in [0.717, 1.165) is 25.7 Å². The van der Waals surface area contributed by atoms with Gasteiger partial charge in [-0.25, -0.2) is 0 Å². The molecule has 0 radical (unpaired) electrons. The SMILES string of the molecule is O=C(O)CCSCCC(=O)OC1CCCCCCC1. The van der Waals surface area contributed by atoms with Crippen molar-refractivity contribution in [2.45, 2.75) is 63.9 Å². The summed E-state index contributed by atoms with van der Waals surface area (Å²) in [6, 6.07) is 0. The molecular formula is C14H24O4S. The van der Waals surface area contributed by atoms with Crippen LogP contribution in [0.5, 0.6) is 0 Å². The van der Waals surface area contributed by atoms with Crippen molar-refractivity contribution in [3.63, 3.8) is 0 Å². The van der Waals surface area contributed by atoms with Gasteiger partial charge in [0.05, 0.1) is 12.8 Å². The zero-order chi connectivity index (χ0) is 13.9. The van der Waals surface area contributed by atoms with E-state index in [-0.39, 0.29) is 18.5 Å². The number of ether oxygens (including phenoxy) is 1. The van der Waals surface area contributed by atoms with Gasteiger partial charge in [-0.1, -0.05) is 19.3 Å². The Bertz CT molecular complexity index is 273. The summed E-state index contributed by atoms with van der Waals surface area (Å²) in [7, 11) is 0. The molecule has 1 aliphatic rings. The van der Waals surface area contributed by atoms with E-state index in [0.29, 0.717) is 17.9 Å². The molecule has 0 aromatic heterocycles. The van der Waals surface area contributed by atoms with Crippen LogP contribution in [0.1, 0.15) is 57.8 Å². The summed E-state index contributed by atoms with van der Waals surface area (Å²) in [5.74, 6) is 0.295. The van der Waals surface area contributed by atoms with Crippen LogP contribution < -0.4 is 0 Å². The Morgan fingerprint density at radius 2 is 1.58 bits per heavy atom. The lowest BCUT2D eigenvalue weighted by atomic mass is 9.98. The third-order valence-electron chi connectivity index (χ3n) is 3.26. The molecule has 1 aliphatic carbocycles. The molecule has 5 heteroatoms. The zero-order valence-corrected chi connectivity index (χ0v) is 12.3. The highest BCUT2D eigenvalue weighted by atomic mass is 32.2. The molecule has 1 rings (SSSR count). The van der Waals surface area contributed by atoms with Crippen molar-refractivity contribution in [1.29, 1.82) is 0 Å². The molecule has 4 nitrogen and oxygen atoms in total. The van der Waals surface area contributed by atoms with Crippen molar-refractivity contribution in [2.75, 3.05) is 11.5 Å². The number of carbonyl (C=O) groups is 2. The second-order valence-electron chi connectivity index (χ2n) is 4.96. The maximum Gasteiger partial charge on any atom is 0.306 e. The Kier molecular flexibility index (Phi) is 8.71. The van der Waals surface area contributed by atoms with E-state index in [2.05, 4.69) is 0 Å². The molecule has 0 bridgehead atoms. The molecule has 0 spiro atoms. The van der Waals surface area contributed by atoms with Gasteiger partial charge in [0, 0.05) is 11.5 Å². The lowest BCUT2D eigenvalue weighted by molar-refractivity contribution is -0.149. The normalized spacial score (nSPS) is 17.5. The second-order valence-corrected chi connectivity index (χ2v) is 6.19. The van der Waals surface area contributed by atoms with Crippen LogP contribution >= 0.6 is 11.8 Å². The first-order valence-corrected chi connectivity index (χ1v) is 8.33. The number of thioether (sulfide) groups is 1. The van der Waals surface area contributed by atoms with Crippen molar-refractivity contribution in [3.05, 3.63) is 0 Å². The summed E-state index contributed by atoms with van der Waals surface area (Å²) >= 11 is 1.50. The first-order chi connectivity index (χ1) is 9.18. The second kappa shape index (κ2) is 10.1. The first-order valence-electron chi connectivity index (χ1n) is 7.17. The van der Waals surface area contributed by atoms with Gasteiger partial charge < -0.3 is 9.84 Å². The fraction of sp³-hybridized carbons (Fsp3) is 0.857. The molecule has 0 unspecified atom stereocenters. The van der Waals surface area contributed by atoms with E-state index >= 15 is 0 Å². The number of carbonyl (C=O) groups excluding carboxylic acids is 1. The lowest BCUT2D eigenvalue weighted by Crippen LogP contribution is -2.19. The standard InChI is InChI=1S/C14H24O4S/c15-13(16)8-10-19-11-9-14(17)18-12-6-4-2-1-3-5-7-12/h12H,1-11H2,(H,15,16). The topological polar surface area (TPSA) is 63.6 Å². The predicted octanol–water partition coefficient (Wildman–Crippen LogP) is 3.24. The van der Waals surface area contributed by atoms with Gasteiger partial charge in [0.1, 0.15) is 6.10 Å². The Balaban J connectivity index is 2.06. The third kappa shape index (κ3) is 8.92. The summed E-state index contributed by atoms with van der Waals surface area (Å²) in [5.41, 5.74) is 0. The largest absolute Gasteiger partial charge is 0.481 e. The van der Waals surface area contributed by atoms with Crippen LogP contribution in [0.25, 0.3) is 0 Å². The smallest absolute Gasteiger partial charge is 0.306 e. The van der Waals surface area contributed by atoms with Gasteiger partial charge in [-0.05, 0) is 25.7 Å². The Morgan fingerprint density at radius 3 is 2.21 bits per heavy atom. The number of carboxylic acid groups (broad SMARTS) is 1. The highest BCUT2D eigenvalue weighted by Gasteiger charge is 2.15. The highest BCUT2D eigenvalue weighted by molar-refractivity contribution is 7.99. The van der Waals surface area contributed by atoms with Gasteiger partial charge in [0.15, 0.2) is 0 Å². The Morgan fingerprint density at radius 1 is 1.00 bits per heavy atom. The van der Waals surface area contributed by atoms with Gasteiger partial charge in [-0.15, -0.1) is 0 Å². The fourth-order valence-electron chi connectivity index (χ4n) is 2.20. The Hall–Kier alpha value is -0.710. The van der Waals surface area contributed by atoms with E-state index in [1.54, 1.807) is 0 Å². The molecule has 0 atom stereocenters. The fourth-order valence-corrected chi connectivity index (χ4v) is 3.03. The van der Waals surface area contributed by atoms with Crippen LogP contribution in [0.4, 0.5) is 0 Å². The summed E-state index contributed by atoms with van der Waals surface area (Å²) < 4.78 is 5.49. The van der Waals surface area contributed by atoms with Gasteiger partial charge in [-0.3, -0.25) is 9.59 Å². The van der Waals surface area contributed by atoms with Crippen LogP contribution in [-0.4, -0.2) is 34.7 Å². The average Bonchev–Trinajstić information content (AvgIpc) is 2.31. The number of aliphatic carboxylic acids is 1. The minimum Gasteiger partial charge on any atom is -0.481 e. The van der Waals surface area contributed by atoms with E-state index < -0.39 is 5.97 Å². The molecule has 0 aliphatic heterocycles. The van der Waals surface area contributed by atoms with Crippen LogP contribution in [0.2, 0.25) is 0 Å². The summed E-state index contributed by atoms with van der Waals surface area (Å²) in [5, 5.41) is 8.48. The highest BCUT2D eigenvalue weighted by Crippen LogP contribution is 2.20. The summed E-state index contributed by atoms with van der Waals surface area (Å²) in [6.45, 7) is 0. The molecule has 0 heterocycles. The van der Waals surface area contributed by atoms with E-state index in [1.807, 2.05) is 0 Å². The molecule has 1 N–H and O–H groups in total. The van der Waals surface area contributed by atoms with Crippen LogP contribution in [-0.2, 0) is 14.3 Å². The van der Waals surface area contributed by atoms with E-state index in [9.17, 15) is 9.59 Å². The number of rotatable bonds is 7. The van der Waals surface area contributed by atoms with Gasteiger partial charge in [0.2, 0.25) is 0 Å². The van der Waals surface area contributed by atoms with Gasteiger partial charge in [-0.2, -0.15) is 11.8 Å². The van der Waals surface area contributed by atoms with Gasteiger partial charge in [0.25, 0.3) is 0 Å². The molecule has 0 saturated heterocycles. The molecule has 1 fully saturated rings. The maximum absolute atomic E-state index is 11.7. The number of esters is 1. The molecular weight excluding hydrogens is 264 g/mol. The number of hydrogen-bond donors (Lipinski definition) is 1. The van der Waals surface area contributed by atoms with Crippen LogP contribution in [0.15, 0.2) is 0 Å². The molecule has 0 amide bonds. The monoisotopic (exact) mass is 288 g/mol. The van der Waals surface area contributed by atoms with Crippen LogP contribution in [0, 0.1) is 0 Å². The third-order valence-corrected chi connectivity index (χ3v) is 4.25.